The van der Waals surface area contributed by atoms with Crippen molar-refractivity contribution in [1.29, 1.82) is 0 Å². The van der Waals surface area contributed by atoms with Gasteiger partial charge in [-0.1, -0.05) is 27.5 Å². The first-order valence-corrected chi connectivity index (χ1v) is 6.93. The summed E-state index contributed by atoms with van der Waals surface area (Å²) in [4.78, 5) is 0. The Kier molecular flexibility index (Phi) is 4.96. The number of halogens is 4. The van der Waals surface area contributed by atoms with Gasteiger partial charge in [0.15, 0.2) is 17.4 Å². The maximum atomic E-state index is 13.9. The van der Waals surface area contributed by atoms with Crippen molar-refractivity contribution in [2.75, 3.05) is 7.05 Å². The maximum absolute atomic E-state index is 13.9. The van der Waals surface area contributed by atoms with Crippen LogP contribution in [0, 0.1) is 11.6 Å². The Balaban J connectivity index is 2.33. The van der Waals surface area contributed by atoms with E-state index >= 15 is 0 Å². The minimum absolute atomic E-state index is 0.189. The van der Waals surface area contributed by atoms with E-state index < -0.39 is 17.4 Å². The van der Waals surface area contributed by atoms with Crippen LogP contribution in [0.1, 0.15) is 5.56 Å². The second kappa shape index (κ2) is 6.52. The largest absolute Gasteiger partial charge is 0.450 e. The van der Waals surface area contributed by atoms with Crippen LogP contribution in [-0.2, 0) is 6.54 Å². The van der Waals surface area contributed by atoms with Crippen LogP contribution in [0.3, 0.4) is 0 Å². The van der Waals surface area contributed by atoms with Crippen molar-refractivity contribution < 1.29 is 13.5 Å². The van der Waals surface area contributed by atoms with Gasteiger partial charge >= 0.3 is 0 Å². The quantitative estimate of drug-likeness (QED) is 0.836. The molecule has 0 saturated heterocycles. The third-order valence-electron chi connectivity index (χ3n) is 2.54. The number of hydrogen-bond acceptors (Lipinski definition) is 2. The fourth-order valence-electron chi connectivity index (χ4n) is 1.68. The molecule has 0 atom stereocenters. The van der Waals surface area contributed by atoms with Crippen LogP contribution in [0.4, 0.5) is 8.78 Å². The van der Waals surface area contributed by atoms with Crippen LogP contribution in [0.25, 0.3) is 0 Å². The molecule has 0 radical (unpaired) electrons. The molecule has 0 aliphatic rings. The molecule has 2 aromatic carbocycles. The zero-order valence-electron chi connectivity index (χ0n) is 10.5. The second-order valence-corrected chi connectivity index (χ2v) is 5.42. The molecule has 0 saturated carbocycles. The van der Waals surface area contributed by atoms with Gasteiger partial charge in [-0.15, -0.1) is 0 Å². The van der Waals surface area contributed by atoms with Gasteiger partial charge in [0.05, 0.1) is 5.02 Å². The smallest absolute Gasteiger partial charge is 0.198 e. The summed E-state index contributed by atoms with van der Waals surface area (Å²) in [6, 6.07) is 7.24. The molecule has 0 spiro atoms. The molecular formula is C14H11BrClF2NO. The van der Waals surface area contributed by atoms with Gasteiger partial charge in [0, 0.05) is 11.0 Å². The average molecular weight is 363 g/mol. The summed E-state index contributed by atoms with van der Waals surface area (Å²) in [6.07, 6.45) is 0. The Morgan fingerprint density at radius 2 is 1.85 bits per heavy atom. The molecule has 0 aliphatic carbocycles. The molecule has 0 bridgehead atoms. The van der Waals surface area contributed by atoms with Crippen molar-refractivity contribution in [3.05, 3.63) is 57.0 Å². The van der Waals surface area contributed by atoms with E-state index in [1.165, 1.54) is 18.2 Å². The minimum Gasteiger partial charge on any atom is -0.450 e. The Morgan fingerprint density at radius 1 is 1.20 bits per heavy atom. The summed E-state index contributed by atoms with van der Waals surface area (Å²) in [5.41, 5.74) is 0.497. The topological polar surface area (TPSA) is 21.3 Å². The zero-order chi connectivity index (χ0) is 14.7. The Labute approximate surface area is 128 Å². The lowest BCUT2D eigenvalue weighted by molar-refractivity contribution is 0.406. The van der Waals surface area contributed by atoms with Gasteiger partial charge < -0.3 is 10.1 Å². The first-order valence-electron chi connectivity index (χ1n) is 5.76. The van der Waals surface area contributed by atoms with Gasteiger partial charge in [0.25, 0.3) is 0 Å². The average Bonchev–Trinajstić information content (AvgIpc) is 2.36. The third kappa shape index (κ3) is 3.48. The normalized spacial score (nSPS) is 10.7. The molecule has 2 aromatic rings. The lowest BCUT2D eigenvalue weighted by Gasteiger charge is -2.11. The monoisotopic (exact) mass is 361 g/mol. The van der Waals surface area contributed by atoms with Gasteiger partial charge in [-0.05, 0) is 42.9 Å². The molecule has 2 nitrogen and oxygen atoms in total. The first kappa shape index (κ1) is 15.2. The fourth-order valence-corrected chi connectivity index (χ4v) is 2.40. The van der Waals surface area contributed by atoms with Crippen molar-refractivity contribution in [1.82, 2.24) is 5.32 Å². The first-order chi connectivity index (χ1) is 9.51. The van der Waals surface area contributed by atoms with E-state index in [-0.39, 0.29) is 10.8 Å². The Hall–Kier alpha value is -1.17. The molecule has 6 heteroatoms. The van der Waals surface area contributed by atoms with Crippen molar-refractivity contribution in [2.45, 2.75) is 6.54 Å². The summed E-state index contributed by atoms with van der Waals surface area (Å²) < 4.78 is 33.8. The van der Waals surface area contributed by atoms with Gasteiger partial charge in [0.2, 0.25) is 0 Å². The summed E-state index contributed by atoms with van der Waals surface area (Å²) in [5, 5.41) is 3.08. The minimum atomic E-state index is -0.769. The van der Waals surface area contributed by atoms with Crippen LogP contribution in [0.5, 0.6) is 11.5 Å². The van der Waals surface area contributed by atoms with Crippen molar-refractivity contribution >= 4 is 27.5 Å². The van der Waals surface area contributed by atoms with Gasteiger partial charge in [-0.25, -0.2) is 8.78 Å². The highest BCUT2D eigenvalue weighted by Gasteiger charge is 2.15. The Bertz CT molecular complexity index is 614. The molecule has 0 unspecified atom stereocenters. The SMILES string of the molecule is CNCc1cc(F)c(Oc2ccc(Br)cc2Cl)c(F)c1. The predicted molar refractivity (Wildman–Crippen MR) is 78.3 cm³/mol. The van der Waals surface area contributed by atoms with Crippen LogP contribution in [0.2, 0.25) is 5.02 Å². The van der Waals surface area contributed by atoms with Crippen molar-refractivity contribution in [2.24, 2.45) is 0 Å². The highest BCUT2D eigenvalue weighted by atomic mass is 79.9. The highest BCUT2D eigenvalue weighted by molar-refractivity contribution is 9.10. The number of benzene rings is 2. The van der Waals surface area contributed by atoms with Gasteiger partial charge in [-0.3, -0.25) is 0 Å². The molecule has 2 rings (SSSR count). The van der Waals surface area contributed by atoms with Crippen molar-refractivity contribution in [3.8, 4) is 11.5 Å². The molecule has 0 fully saturated rings. The summed E-state index contributed by atoms with van der Waals surface area (Å²) in [6.45, 7) is 0.368. The van der Waals surface area contributed by atoms with E-state index in [4.69, 9.17) is 16.3 Å². The van der Waals surface area contributed by atoms with Gasteiger partial charge in [0.1, 0.15) is 5.75 Å². The number of nitrogens with one attached hydrogen (secondary N) is 1. The van der Waals surface area contributed by atoms with Crippen molar-refractivity contribution in [3.63, 3.8) is 0 Å². The predicted octanol–water partition coefficient (Wildman–Crippen LogP) is 4.89. The lowest BCUT2D eigenvalue weighted by Crippen LogP contribution is -2.06. The molecule has 0 heterocycles. The molecule has 106 valence electrons. The standard InChI is InChI=1S/C14H11BrClF2NO/c1-19-7-8-4-11(17)14(12(18)5-8)20-13-3-2-9(15)6-10(13)16/h2-6,19H,7H2,1H3. The molecular weight excluding hydrogens is 352 g/mol. The highest BCUT2D eigenvalue weighted by Crippen LogP contribution is 2.34. The second-order valence-electron chi connectivity index (χ2n) is 4.10. The molecule has 0 amide bonds. The van der Waals surface area contributed by atoms with E-state index in [1.807, 2.05) is 0 Å². The van der Waals surface area contributed by atoms with E-state index in [0.29, 0.717) is 12.1 Å². The fraction of sp³-hybridized carbons (Fsp3) is 0.143. The van der Waals surface area contributed by atoms with Crippen LogP contribution < -0.4 is 10.1 Å². The Morgan fingerprint density at radius 3 is 2.40 bits per heavy atom. The number of ether oxygens (including phenoxy) is 1. The molecule has 20 heavy (non-hydrogen) atoms. The number of rotatable bonds is 4. The summed E-state index contributed by atoms with van der Waals surface area (Å²) >= 11 is 9.20. The van der Waals surface area contributed by atoms with Gasteiger partial charge in [-0.2, -0.15) is 0 Å². The molecule has 0 aromatic heterocycles. The summed E-state index contributed by atoms with van der Waals surface area (Å²) in [5.74, 6) is -1.81. The lowest BCUT2D eigenvalue weighted by atomic mass is 10.2. The van der Waals surface area contributed by atoms with Crippen LogP contribution >= 0.6 is 27.5 Å². The van der Waals surface area contributed by atoms with Crippen LogP contribution in [0.15, 0.2) is 34.8 Å². The molecule has 1 N–H and O–H groups in total. The van der Waals surface area contributed by atoms with Crippen LogP contribution in [-0.4, -0.2) is 7.05 Å². The van der Waals surface area contributed by atoms with E-state index in [1.54, 1.807) is 19.2 Å². The third-order valence-corrected chi connectivity index (χ3v) is 3.33. The van der Waals surface area contributed by atoms with E-state index in [2.05, 4.69) is 21.2 Å². The summed E-state index contributed by atoms with van der Waals surface area (Å²) in [7, 11) is 1.70. The van der Waals surface area contributed by atoms with E-state index in [9.17, 15) is 8.78 Å². The maximum Gasteiger partial charge on any atom is 0.198 e. The number of hydrogen-bond donors (Lipinski definition) is 1. The molecule has 0 aliphatic heterocycles. The zero-order valence-corrected chi connectivity index (χ0v) is 12.9. The van der Waals surface area contributed by atoms with E-state index in [0.717, 1.165) is 4.47 Å².